The van der Waals surface area contributed by atoms with Gasteiger partial charge >= 0.3 is 0 Å². The van der Waals surface area contributed by atoms with Gasteiger partial charge in [0.05, 0.1) is 17.1 Å². The molecule has 0 N–H and O–H groups in total. The predicted molar refractivity (Wildman–Crippen MR) is 106 cm³/mol. The molecule has 5 nitrogen and oxygen atoms in total. The van der Waals surface area contributed by atoms with Crippen molar-refractivity contribution in [1.82, 2.24) is 19.7 Å². The first kappa shape index (κ1) is 20.4. The summed E-state index contributed by atoms with van der Waals surface area (Å²) in [7, 11) is 0. The van der Waals surface area contributed by atoms with E-state index in [0.717, 1.165) is 28.2 Å². The van der Waals surface area contributed by atoms with Crippen LogP contribution < -0.4 is 0 Å². The molecule has 0 unspecified atom stereocenters. The standard InChI is InChI=1S/C22H23N4O.Ir/c1-13(2)16-8-6-9-17(14(3)4)21(16)26-22(23-12-24-26)18-10-7-11-19-20(18)25-15(5)27-19;/h6-9,11-14H,1-5H3;/q-1;. The maximum atomic E-state index is 5.69. The van der Waals surface area contributed by atoms with Crippen LogP contribution in [0.1, 0.15) is 56.5 Å². The molecule has 4 rings (SSSR count). The molecule has 2 aromatic heterocycles. The molecule has 0 saturated heterocycles. The van der Waals surface area contributed by atoms with Crippen molar-refractivity contribution in [3.05, 3.63) is 59.7 Å². The first-order valence-corrected chi connectivity index (χ1v) is 9.28. The van der Waals surface area contributed by atoms with Crippen molar-refractivity contribution in [2.24, 2.45) is 0 Å². The molecular formula is C22H23IrN4O-. The van der Waals surface area contributed by atoms with E-state index in [9.17, 15) is 0 Å². The van der Waals surface area contributed by atoms with Crippen LogP contribution in [0.25, 0.3) is 28.2 Å². The third-order valence-corrected chi connectivity index (χ3v) is 4.79. The van der Waals surface area contributed by atoms with Crippen molar-refractivity contribution in [2.45, 2.75) is 46.5 Å². The number of benzene rings is 2. The second kappa shape index (κ2) is 7.98. The first-order valence-electron chi connectivity index (χ1n) is 9.28. The number of nitrogens with zero attached hydrogens (tertiary/aromatic N) is 4. The zero-order chi connectivity index (χ0) is 19.1. The van der Waals surface area contributed by atoms with Gasteiger partial charge in [-0.1, -0.05) is 57.5 Å². The average Bonchev–Trinajstić information content (AvgIpc) is 3.25. The Morgan fingerprint density at radius 1 is 1.04 bits per heavy atom. The number of fused-ring (bicyclic) bond motifs is 1. The maximum Gasteiger partial charge on any atom is 0.180 e. The van der Waals surface area contributed by atoms with Crippen molar-refractivity contribution >= 4 is 11.1 Å². The van der Waals surface area contributed by atoms with Crippen LogP contribution in [-0.2, 0) is 20.1 Å². The van der Waals surface area contributed by atoms with Crippen molar-refractivity contribution in [3.63, 3.8) is 0 Å². The fourth-order valence-electron chi connectivity index (χ4n) is 3.51. The third kappa shape index (κ3) is 3.43. The molecule has 0 aliphatic carbocycles. The van der Waals surface area contributed by atoms with Crippen LogP contribution in [0.2, 0.25) is 0 Å². The van der Waals surface area contributed by atoms with Gasteiger partial charge in [-0.05, 0) is 23.0 Å². The van der Waals surface area contributed by atoms with Gasteiger partial charge in [0.15, 0.2) is 5.89 Å². The summed E-state index contributed by atoms with van der Waals surface area (Å²) in [5.41, 5.74) is 5.89. The molecule has 0 aliphatic heterocycles. The topological polar surface area (TPSA) is 56.7 Å². The summed E-state index contributed by atoms with van der Waals surface area (Å²) < 4.78 is 7.62. The quantitative estimate of drug-likeness (QED) is 0.318. The van der Waals surface area contributed by atoms with Crippen LogP contribution in [0.15, 0.2) is 41.1 Å². The van der Waals surface area contributed by atoms with Gasteiger partial charge in [0.25, 0.3) is 0 Å². The van der Waals surface area contributed by atoms with Crippen LogP contribution in [0.3, 0.4) is 0 Å². The van der Waals surface area contributed by atoms with E-state index in [4.69, 9.17) is 4.42 Å². The molecule has 28 heavy (non-hydrogen) atoms. The molecule has 6 heteroatoms. The fourth-order valence-corrected chi connectivity index (χ4v) is 3.51. The van der Waals surface area contributed by atoms with Crippen LogP contribution >= 0.6 is 0 Å². The number of hydrogen-bond acceptors (Lipinski definition) is 4. The number of oxazole rings is 1. The minimum Gasteiger partial charge on any atom is -0.461 e. The molecule has 0 aliphatic rings. The second-order valence-electron chi connectivity index (χ2n) is 7.39. The van der Waals surface area contributed by atoms with Gasteiger partial charge in [-0.3, -0.25) is 14.6 Å². The van der Waals surface area contributed by atoms with Gasteiger partial charge < -0.3 is 4.42 Å². The van der Waals surface area contributed by atoms with Gasteiger partial charge in [-0.2, -0.15) is 5.10 Å². The van der Waals surface area contributed by atoms with Crippen molar-refractivity contribution in [2.75, 3.05) is 0 Å². The summed E-state index contributed by atoms with van der Waals surface area (Å²) in [6.45, 7) is 10.7. The molecule has 0 atom stereocenters. The Balaban J connectivity index is 0.00000225. The van der Waals surface area contributed by atoms with E-state index in [0.29, 0.717) is 17.7 Å². The molecule has 1 radical (unpaired) electrons. The van der Waals surface area contributed by atoms with Gasteiger partial charge in [-0.15, -0.1) is 12.1 Å². The number of aromatic nitrogens is 4. The Hall–Kier alpha value is -2.30. The molecular weight excluding hydrogens is 528 g/mol. The van der Waals surface area contributed by atoms with E-state index in [1.54, 1.807) is 6.33 Å². The Labute approximate surface area is 178 Å². The Bertz CT molecular complexity index is 1080. The van der Waals surface area contributed by atoms with E-state index in [2.05, 4.69) is 67.0 Å². The normalized spacial score (nSPS) is 11.4. The van der Waals surface area contributed by atoms with Crippen LogP contribution in [0.4, 0.5) is 0 Å². The van der Waals surface area contributed by atoms with Crippen LogP contribution in [0.5, 0.6) is 0 Å². The number of aryl methyl sites for hydroxylation is 1. The molecule has 147 valence electrons. The fraction of sp³-hybridized carbons (Fsp3) is 0.318. The summed E-state index contributed by atoms with van der Waals surface area (Å²) in [5.74, 6) is 2.08. The number of para-hydroxylation sites is 1. The summed E-state index contributed by atoms with van der Waals surface area (Å²) in [5, 5.41) is 4.59. The van der Waals surface area contributed by atoms with Crippen molar-refractivity contribution < 1.29 is 24.5 Å². The molecule has 2 heterocycles. The van der Waals surface area contributed by atoms with Crippen LogP contribution in [-0.4, -0.2) is 19.7 Å². The van der Waals surface area contributed by atoms with E-state index < -0.39 is 0 Å². The summed E-state index contributed by atoms with van der Waals surface area (Å²) in [6.07, 6.45) is 1.59. The zero-order valence-electron chi connectivity index (χ0n) is 16.6. The summed E-state index contributed by atoms with van der Waals surface area (Å²) in [4.78, 5) is 9.10. The molecule has 0 saturated carbocycles. The summed E-state index contributed by atoms with van der Waals surface area (Å²) in [6, 6.07) is 13.5. The molecule has 0 fully saturated rings. The SMILES string of the molecule is Cc1nc2c(-c3ncnn3-c3c(C(C)C)cccc3C(C)C)[c-]ccc2o1.[Ir]. The molecule has 0 amide bonds. The van der Waals surface area contributed by atoms with Crippen molar-refractivity contribution in [1.29, 1.82) is 0 Å². The van der Waals surface area contributed by atoms with Gasteiger partial charge in [-0.25, -0.2) is 0 Å². The molecule has 0 spiro atoms. The Kier molecular flexibility index (Phi) is 5.82. The first-order chi connectivity index (χ1) is 13.0. The monoisotopic (exact) mass is 552 g/mol. The Morgan fingerprint density at radius 2 is 1.71 bits per heavy atom. The van der Waals surface area contributed by atoms with E-state index >= 15 is 0 Å². The minimum absolute atomic E-state index is 0. The third-order valence-electron chi connectivity index (χ3n) is 4.79. The minimum atomic E-state index is 0. The molecule has 2 aromatic carbocycles. The number of hydrogen-bond donors (Lipinski definition) is 0. The van der Waals surface area contributed by atoms with Gasteiger partial charge in [0.2, 0.25) is 0 Å². The Morgan fingerprint density at radius 3 is 2.36 bits per heavy atom. The molecule has 4 aromatic rings. The second-order valence-corrected chi connectivity index (χ2v) is 7.39. The van der Waals surface area contributed by atoms with E-state index in [1.807, 2.05) is 23.7 Å². The van der Waals surface area contributed by atoms with E-state index in [1.165, 1.54) is 11.1 Å². The van der Waals surface area contributed by atoms with Gasteiger partial charge in [0, 0.05) is 32.5 Å². The summed E-state index contributed by atoms with van der Waals surface area (Å²) >= 11 is 0. The van der Waals surface area contributed by atoms with E-state index in [-0.39, 0.29) is 20.1 Å². The zero-order valence-corrected chi connectivity index (χ0v) is 19.0. The molecule has 0 bridgehead atoms. The maximum absolute atomic E-state index is 5.69. The predicted octanol–water partition coefficient (Wildman–Crippen LogP) is 5.43. The largest absolute Gasteiger partial charge is 0.461 e. The van der Waals surface area contributed by atoms with Gasteiger partial charge in [0.1, 0.15) is 6.33 Å². The van der Waals surface area contributed by atoms with Crippen molar-refractivity contribution in [3.8, 4) is 17.1 Å². The smallest absolute Gasteiger partial charge is 0.180 e. The average molecular weight is 552 g/mol. The van der Waals surface area contributed by atoms with Crippen LogP contribution in [0, 0.1) is 13.0 Å². The number of rotatable bonds is 4.